The highest BCUT2D eigenvalue weighted by atomic mass is 16.5. The van der Waals surface area contributed by atoms with Crippen molar-refractivity contribution in [2.75, 3.05) is 26.8 Å². The maximum absolute atomic E-state index is 12.2. The number of rotatable bonds is 4. The topological polar surface area (TPSA) is 85.0 Å². The van der Waals surface area contributed by atoms with Crippen molar-refractivity contribution in [3.63, 3.8) is 0 Å². The van der Waals surface area contributed by atoms with E-state index in [4.69, 9.17) is 14.0 Å². The van der Waals surface area contributed by atoms with Crippen LogP contribution in [0.25, 0.3) is 0 Å². The van der Waals surface area contributed by atoms with E-state index >= 15 is 0 Å². The molecule has 26 heavy (non-hydrogen) atoms. The van der Waals surface area contributed by atoms with E-state index in [1.165, 1.54) is 0 Å². The van der Waals surface area contributed by atoms with E-state index in [1.54, 1.807) is 7.11 Å². The molecular formula is C19H22N2O5. The lowest BCUT2D eigenvalue weighted by atomic mass is 9.73. The summed E-state index contributed by atoms with van der Waals surface area (Å²) in [5.41, 5.74) is 1.87. The van der Waals surface area contributed by atoms with E-state index in [1.807, 2.05) is 32.0 Å². The molecule has 1 aromatic heterocycles. The first-order valence-corrected chi connectivity index (χ1v) is 8.63. The Morgan fingerprint density at radius 3 is 2.92 bits per heavy atom. The van der Waals surface area contributed by atoms with Crippen molar-refractivity contribution < 1.29 is 23.9 Å². The number of methoxy groups -OCH3 is 1. The van der Waals surface area contributed by atoms with E-state index < -0.39 is 11.4 Å². The highest BCUT2D eigenvalue weighted by Crippen LogP contribution is 2.50. The van der Waals surface area contributed by atoms with Crippen LogP contribution in [0.4, 0.5) is 0 Å². The summed E-state index contributed by atoms with van der Waals surface area (Å²) in [6.07, 6.45) is 0. The van der Waals surface area contributed by atoms with Crippen LogP contribution in [0.1, 0.15) is 28.5 Å². The molecule has 138 valence electrons. The molecular weight excluding hydrogens is 336 g/mol. The van der Waals surface area contributed by atoms with Crippen molar-refractivity contribution in [1.29, 1.82) is 0 Å². The highest BCUT2D eigenvalue weighted by Gasteiger charge is 2.56. The highest BCUT2D eigenvalue weighted by molar-refractivity contribution is 5.78. The lowest BCUT2D eigenvalue weighted by Gasteiger charge is -2.36. The average molecular weight is 358 g/mol. The van der Waals surface area contributed by atoms with E-state index in [0.717, 1.165) is 22.6 Å². The van der Waals surface area contributed by atoms with Crippen LogP contribution in [0.3, 0.4) is 0 Å². The van der Waals surface area contributed by atoms with E-state index in [2.05, 4.69) is 10.1 Å². The second kappa shape index (κ2) is 6.02. The van der Waals surface area contributed by atoms with Gasteiger partial charge in [0.05, 0.1) is 12.8 Å². The van der Waals surface area contributed by atoms with Gasteiger partial charge in [-0.15, -0.1) is 0 Å². The van der Waals surface area contributed by atoms with Crippen LogP contribution in [0, 0.1) is 19.3 Å². The van der Waals surface area contributed by atoms with Gasteiger partial charge in [-0.05, 0) is 19.9 Å². The third kappa shape index (κ3) is 2.46. The second-order valence-electron chi connectivity index (χ2n) is 7.18. The van der Waals surface area contributed by atoms with Crippen LogP contribution in [0.15, 0.2) is 22.7 Å². The van der Waals surface area contributed by atoms with Crippen molar-refractivity contribution in [3.8, 4) is 11.5 Å². The number of fused-ring (bicyclic) bond motifs is 3. The van der Waals surface area contributed by atoms with Gasteiger partial charge in [0.15, 0.2) is 0 Å². The molecule has 0 saturated carbocycles. The Bertz CT molecular complexity index is 842. The van der Waals surface area contributed by atoms with Crippen LogP contribution < -0.4 is 9.47 Å². The monoisotopic (exact) mass is 358 g/mol. The van der Waals surface area contributed by atoms with Gasteiger partial charge in [-0.25, -0.2) is 0 Å². The van der Waals surface area contributed by atoms with E-state index in [9.17, 15) is 9.90 Å². The van der Waals surface area contributed by atoms with Gasteiger partial charge < -0.3 is 19.1 Å². The minimum absolute atomic E-state index is 0.130. The minimum Gasteiger partial charge on any atom is -0.497 e. The summed E-state index contributed by atoms with van der Waals surface area (Å²) in [7, 11) is 1.60. The second-order valence-corrected chi connectivity index (χ2v) is 7.18. The number of carbonyl (C=O) groups is 1. The number of hydrogen-bond acceptors (Lipinski definition) is 6. The number of carboxylic acid groups (broad SMARTS) is 1. The molecule has 2 aliphatic heterocycles. The molecule has 1 aromatic carbocycles. The fourth-order valence-electron chi connectivity index (χ4n) is 4.16. The van der Waals surface area contributed by atoms with Crippen molar-refractivity contribution >= 4 is 5.97 Å². The van der Waals surface area contributed by atoms with Gasteiger partial charge in [0, 0.05) is 42.7 Å². The Kier molecular flexibility index (Phi) is 3.91. The largest absolute Gasteiger partial charge is 0.497 e. The number of hydrogen-bond donors (Lipinski definition) is 1. The lowest BCUT2D eigenvalue weighted by Crippen LogP contribution is -2.45. The Labute approximate surface area is 151 Å². The predicted molar refractivity (Wildman–Crippen MR) is 92.6 cm³/mol. The first kappa shape index (κ1) is 16.9. The first-order chi connectivity index (χ1) is 12.4. The van der Waals surface area contributed by atoms with Gasteiger partial charge in [-0.1, -0.05) is 11.2 Å². The third-order valence-corrected chi connectivity index (χ3v) is 5.68. The Morgan fingerprint density at radius 1 is 1.46 bits per heavy atom. The smallest absolute Gasteiger partial charge is 0.315 e. The summed E-state index contributed by atoms with van der Waals surface area (Å²) in [5.74, 6) is 1.26. The molecule has 2 aliphatic rings. The average Bonchev–Trinajstić information content (AvgIpc) is 3.17. The van der Waals surface area contributed by atoms with Crippen LogP contribution in [0.2, 0.25) is 0 Å². The summed E-state index contributed by atoms with van der Waals surface area (Å²) < 4.78 is 16.4. The zero-order valence-corrected chi connectivity index (χ0v) is 15.1. The van der Waals surface area contributed by atoms with Crippen molar-refractivity contribution in [3.05, 3.63) is 40.8 Å². The van der Waals surface area contributed by atoms with Crippen LogP contribution in [0.5, 0.6) is 11.5 Å². The van der Waals surface area contributed by atoms with Gasteiger partial charge >= 0.3 is 5.97 Å². The summed E-state index contributed by atoms with van der Waals surface area (Å²) in [6.45, 7) is 5.66. The maximum Gasteiger partial charge on any atom is 0.315 e. The molecule has 0 radical (unpaired) electrons. The number of nitrogens with zero attached hydrogens (tertiary/aromatic N) is 2. The number of aromatic nitrogens is 1. The minimum atomic E-state index is -0.944. The molecule has 1 N–H and O–H groups in total. The molecule has 1 saturated heterocycles. The van der Waals surface area contributed by atoms with Crippen LogP contribution in [-0.2, 0) is 11.3 Å². The zero-order chi connectivity index (χ0) is 18.5. The van der Waals surface area contributed by atoms with Gasteiger partial charge in [-0.3, -0.25) is 9.69 Å². The SMILES string of the molecule is COc1ccc2c(c1)OC[C@]1(C(=O)O)CN(Cc3c(C)noc3C)C[C@H]21. The Hall–Kier alpha value is -2.54. The number of carboxylic acids is 1. The standard InChI is InChI=1S/C19H22N2O5/c1-11-15(12(2)26-20-11)7-21-8-16-14-5-4-13(24-3)6-17(14)25-10-19(16,9-21)18(22)23/h4-6,16H,7-10H2,1-3H3,(H,22,23)/t16-,19-/m1/s1. The third-order valence-electron chi connectivity index (χ3n) is 5.68. The Balaban J connectivity index is 1.68. The molecule has 0 amide bonds. The molecule has 1 fully saturated rings. The summed E-state index contributed by atoms with van der Waals surface area (Å²) in [6, 6.07) is 5.62. The summed E-state index contributed by atoms with van der Waals surface area (Å²) >= 11 is 0. The molecule has 0 bridgehead atoms. The molecule has 2 aromatic rings. The molecule has 2 atom stereocenters. The molecule has 4 rings (SSSR count). The fourth-order valence-corrected chi connectivity index (χ4v) is 4.16. The summed E-state index contributed by atoms with van der Waals surface area (Å²) in [4.78, 5) is 14.4. The molecule has 7 nitrogen and oxygen atoms in total. The van der Waals surface area contributed by atoms with Crippen molar-refractivity contribution in [1.82, 2.24) is 10.1 Å². The van der Waals surface area contributed by atoms with E-state index in [0.29, 0.717) is 31.1 Å². The van der Waals surface area contributed by atoms with Crippen LogP contribution >= 0.6 is 0 Å². The fraction of sp³-hybridized carbons (Fsp3) is 0.474. The number of benzene rings is 1. The Morgan fingerprint density at radius 2 is 2.27 bits per heavy atom. The zero-order valence-electron chi connectivity index (χ0n) is 15.1. The molecule has 0 spiro atoms. The van der Waals surface area contributed by atoms with Gasteiger partial charge in [0.25, 0.3) is 0 Å². The molecule has 0 aliphatic carbocycles. The lowest BCUT2D eigenvalue weighted by molar-refractivity contribution is -0.151. The van der Waals surface area contributed by atoms with Crippen molar-refractivity contribution in [2.24, 2.45) is 5.41 Å². The van der Waals surface area contributed by atoms with Crippen LogP contribution in [-0.4, -0.2) is 47.9 Å². The first-order valence-electron chi connectivity index (χ1n) is 8.63. The number of ether oxygens (including phenoxy) is 2. The molecule has 3 heterocycles. The quantitative estimate of drug-likeness (QED) is 0.898. The predicted octanol–water partition coefficient (Wildman–Crippen LogP) is 2.36. The van der Waals surface area contributed by atoms with E-state index in [-0.39, 0.29) is 12.5 Å². The summed E-state index contributed by atoms with van der Waals surface area (Å²) in [5, 5.41) is 14.0. The van der Waals surface area contributed by atoms with Gasteiger partial charge in [0.2, 0.25) is 0 Å². The van der Waals surface area contributed by atoms with Gasteiger partial charge in [0.1, 0.15) is 29.3 Å². The van der Waals surface area contributed by atoms with Crippen molar-refractivity contribution in [2.45, 2.75) is 26.3 Å². The normalized spacial score (nSPS) is 24.7. The number of aryl methyl sites for hydroxylation is 2. The number of likely N-dealkylation sites (tertiary alicyclic amines) is 1. The maximum atomic E-state index is 12.2. The molecule has 0 unspecified atom stereocenters. The molecule has 7 heteroatoms. The number of aliphatic carboxylic acids is 1. The van der Waals surface area contributed by atoms with Gasteiger partial charge in [-0.2, -0.15) is 0 Å².